The van der Waals surface area contributed by atoms with Crippen LogP contribution in [-0.2, 0) is 0 Å². The van der Waals surface area contributed by atoms with Crippen LogP contribution in [0.25, 0.3) is 0 Å². The summed E-state index contributed by atoms with van der Waals surface area (Å²) in [5.41, 5.74) is 0. The van der Waals surface area contributed by atoms with Gasteiger partial charge in [0, 0.05) is 51.9 Å². The largest absolute Gasteiger partial charge is 0.357 e. The lowest BCUT2D eigenvalue weighted by Gasteiger charge is -2.36. The molecule has 1 saturated heterocycles. The van der Waals surface area contributed by atoms with Gasteiger partial charge in [-0.2, -0.15) is 0 Å². The number of hydrogen-bond donors (Lipinski definition) is 2. The molecule has 0 aromatic rings. The molecular formula is C17H37N5. The van der Waals surface area contributed by atoms with Crippen LogP contribution < -0.4 is 10.6 Å². The molecule has 0 aromatic carbocycles. The SMILES string of the molecule is CCNC(=NCC(CC)CC)NCC(C)N1CCN(C)CC1. The summed E-state index contributed by atoms with van der Waals surface area (Å²) in [5.74, 6) is 1.67. The van der Waals surface area contributed by atoms with Gasteiger partial charge in [0.05, 0.1) is 0 Å². The topological polar surface area (TPSA) is 42.9 Å². The summed E-state index contributed by atoms with van der Waals surface area (Å²) in [6, 6.07) is 0.547. The third kappa shape index (κ3) is 6.97. The normalized spacial score (nSPS) is 19.5. The van der Waals surface area contributed by atoms with Crippen molar-refractivity contribution in [3.8, 4) is 0 Å². The van der Waals surface area contributed by atoms with Crippen molar-refractivity contribution in [2.24, 2.45) is 10.9 Å². The van der Waals surface area contributed by atoms with Crippen molar-refractivity contribution in [1.82, 2.24) is 20.4 Å². The smallest absolute Gasteiger partial charge is 0.191 e. The quantitative estimate of drug-likeness (QED) is 0.528. The second-order valence-electron chi connectivity index (χ2n) is 6.47. The van der Waals surface area contributed by atoms with Gasteiger partial charge in [-0.25, -0.2) is 0 Å². The maximum atomic E-state index is 4.75. The molecule has 0 amide bonds. The van der Waals surface area contributed by atoms with E-state index in [4.69, 9.17) is 4.99 Å². The van der Waals surface area contributed by atoms with E-state index in [9.17, 15) is 0 Å². The van der Waals surface area contributed by atoms with E-state index in [1.54, 1.807) is 0 Å². The average Bonchev–Trinajstić information content (AvgIpc) is 2.53. The first kappa shape index (κ1) is 19.2. The fourth-order valence-electron chi connectivity index (χ4n) is 2.75. The van der Waals surface area contributed by atoms with Gasteiger partial charge in [0.1, 0.15) is 0 Å². The minimum absolute atomic E-state index is 0.547. The Morgan fingerprint density at radius 2 is 1.68 bits per heavy atom. The molecule has 0 saturated carbocycles. The molecule has 1 atom stereocenters. The summed E-state index contributed by atoms with van der Waals surface area (Å²) in [6.07, 6.45) is 2.41. The number of piperazine rings is 1. The number of guanidine groups is 1. The molecule has 1 unspecified atom stereocenters. The van der Waals surface area contributed by atoms with Crippen LogP contribution in [0.1, 0.15) is 40.5 Å². The fraction of sp³-hybridized carbons (Fsp3) is 0.941. The van der Waals surface area contributed by atoms with Gasteiger partial charge in [-0.3, -0.25) is 9.89 Å². The Bertz CT molecular complexity index is 306. The van der Waals surface area contributed by atoms with Gasteiger partial charge < -0.3 is 15.5 Å². The van der Waals surface area contributed by atoms with E-state index in [-0.39, 0.29) is 0 Å². The number of nitrogens with zero attached hydrogens (tertiary/aromatic N) is 3. The molecule has 1 fully saturated rings. The predicted molar refractivity (Wildman–Crippen MR) is 96.6 cm³/mol. The fourth-order valence-corrected chi connectivity index (χ4v) is 2.75. The Morgan fingerprint density at radius 1 is 1.05 bits per heavy atom. The van der Waals surface area contributed by atoms with Gasteiger partial charge in [0.25, 0.3) is 0 Å². The monoisotopic (exact) mass is 311 g/mol. The van der Waals surface area contributed by atoms with Crippen molar-refractivity contribution >= 4 is 5.96 Å². The summed E-state index contributed by atoms with van der Waals surface area (Å²) in [7, 11) is 2.20. The highest BCUT2D eigenvalue weighted by molar-refractivity contribution is 5.79. The Balaban J connectivity index is 2.40. The number of hydrogen-bond acceptors (Lipinski definition) is 3. The second kappa shape index (κ2) is 10.8. The van der Waals surface area contributed by atoms with Gasteiger partial charge in [-0.1, -0.05) is 26.7 Å². The molecule has 5 heteroatoms. The van der Waals surface area contributed by atoms with Crippen molar-refractivity contribution < 1.29 is 0 Å². The molecule has 1 heterocycles. The number of nitrogens with one attached hydrogen (secondary N) is 2. The van der Waals surface area contributed by atoms with Gasteiger partial charge in [0.2, 0.25) is 0 Å². The van der Waals surface area contributed by atoms with E-state index < -0.39 is 0 Å². The van der Waals surface area contributed by atoms with Crippen LogP contribution in [0.15, 0.2) is 4.99 Å². The number of rotatable bonds is 8. The Labute approximate surface area is 137 Å². The minimum Gasteiger partial charge on any atom is -0.357 e. The molecule has 1 aliphatic heterocycles. The molecule has 130 valence electrons. The van der Waals surface area contributed by atoms with Gasteiger partial charge in [0.15, 0.2) is 5.96 Å². The molecule has 0 aliphatic carbocycles. The predicted octanol–water partition coefficient (Wildman–Crippen LogP) is 1.61. The molecular weight excluding hydrogens is 274 g/mol. The van der Waals surface area contributed by atoms with Crippen LogP contribution in [0.5, 0.6) is 0 Å². The van der Waals surface area contributed by atoms with E-state index in [0.29, 0.717) is 12.0 Å². The molecule has 0 bridgehead atoms. The van der Waals surface area contributed by atoms with E-state index in [2.05, 4.69) is 55.2 Å². The highest BCUT2D eigenvalue weighted by Crippen LogP contribution is 2.07. The third-order valence-electron chi connectivity index (χ3n) is 4.73. The van der Waals surface area contributed by atoms with Crippen LogP contribution in [0, 0.1) is 5.92 Å². The van der Waals surface area contributed by atoms with Crippen molar-refractivity contribution in [2.45, 2.75) is 46.6 Å². The van der Waals surface area contributed by atoms with E-state index in [1.165, 1.54) is 39.0 Å². The van der Waals surface area contributed by atoms with Gasteiger partial charge >= 0.3 is 0 Å². The molecule has 5 nitrogen and oxygen atoms in total. The van der Waals surface area contributed by atoms with Crippen molar-refractivity contribution in [3.05, 3.63) is 0 Å². The summed E-state index contributed by atoms with van der Waals surface area (Å²) in [4.78, 5) is 9.72. The maximum Gasteiger partial charge on any atom is 0.191 e. The van der Waals surface area contributed by atoms with Crippen LogP contribution in [0.3, 0.4) is 0 Å². The number of likely N-dealkylation sites (N-methyl/N-ethyl adjacent to an activating group) is 1. The molecule has 0 radical (unpaired) electrons. The Hall–Kier alpha value is -0.810. The first-order chi connectivity index (χ1) is 10.6. The van der Waals surface area contributed by atoms with E-state index in [0.717, 1.165) is 25.6 Å². The van der Waals surface area contributed by atoms with Gasteiger partial charge in [-0.15, -0.1) is 0 Å². The minimum atomic E-state index is 0.547. The molecule has 22 heavy (non-hydrogen) atoms. The van der Waals surface area contributed by atoms with Crippen LogP contribution >= 0.6 is 0 Å². The van der Waals surface area contributed by atoms with Crippen LogP contribution in [0.4, 0.5) is 0 Å². The lowest BCUT2D eigenvalue weighted by molar-refractivity contribution is 0.120. The first-order valence-corrected chi connectivity index (χ1v) is 9.05. The number of aliphatic imine (C=N–C) groups is 1. The van der Waals surface area contributed by atoms with Crippen LogP contribution in [0.2, 0.25) is 0 Å². The van der Waals surface area contributed by atoms with Gasteiger partial charge in [-0.05, 0) is 26.8 Å². The van der Waals surface area contributed by atoms with Crippen molar-refractivity contribution in [2.75, 3.05) is 52.9 Å². The Morgan fingerprint density at radius 3 is 2.23 bits per heavy atom. The molecule has 2 N–H and O–H groups in total. The zero-order valence-corrected chi connectivity index (χ0v) is 15.4. The standard InChI is InChI=1S/C17H37N5/c1-6-16(7-2)14-20-17(18-8-3)19-13-15(4)22-11-9-21(5)10-12-22/h15-16H,6-14H2,1-5H3,(H2,18,19,20). The second-order valence-corrected chi connectivity index (χ2v) is 6.47. The van der Waals surface area contributed by atoms with Crippen molar-refractivity contribution in [1.29, 1.82) is 0 Å². The highest BCUT2D eigenvalue weighted by atomic mass is 15.3. The summed E-state index contributed by atoms with van der Waals surface area (Å²) in [6.45, 7) is 16.4. The summed E-state index contributed by atoms with van der Waals surface area (Å²) in [5, 5.41) is 6.88. The van der Waals surface area contributed by atoms with E-state index >= 15 is 0 Å². The average molecular weight is 312 g/mol. The highest BCUT2D eigenvalue weighted by Gasteiger charge is 2.19. The van der Waals surface area contributed by atoms with E-state index in [1.807, 2.05) is 0 Å². The van der Waals surface area contributed by atoms with Crippen molar-refractivity contribution in [3.63, 3.8) is 0 Å². The molecule has 1 rings (SSSR count). The zero-order chi connectivity index (χ0) is 16.4. The van der Waals surface area contributed by atoms with Crippen LogP contribution in [-0.4, -0.2) is 74.7 Å². The maximum absolute atomic E-state index is 4.75. The molecule has 1 aliphatic rings. The lowest BCUT2D eigenvalue weighted by Crippen LogP contribution is -2.52. The zero-order valence-electron chi connectivity index (χ0n) is 15.4. The summed E-state index contributed by atoms with van der Waals surface area (Å²) < 4.78 is 0. The lowest BCUT2D eigenvalue weighted by atomic mass is 10.0. The third-order valence-corrected chi connectivity index (χ3v) is 4.73. The molecule has 0 spiro atoms. The Kier molecular flexibility index (Phi) is 9.48. The summed E-state index contributed by atoms with van der Waals surface area (Å²) >= 11 is 0. The first-order valence-electron chi connectivity index (χ1n) is 9.05. The molecule has 0 aromatic heterocycles.